The maximum absolute atomic E-state index is 13.2. The molecule has 4 rings (SSSR count). The second-order valence-electron chi connectivity index (χ2n) is 6.94. The number of nitrogens with zero attached hydrogens (tertiary/aromatic N) is 2. The van der Waals surface area contributed by atoms with Crippen LogP contribution in [0.2, 0.25) is 0 Å². The number of carboxylic acid groups (broad SMARTS) is 1. The molecule has 2 aliphatic rings. The molecule has 5 nitrogen and oxygen atoms in total. The van der Waals surface area contributed by atoms with E-state index in [-0.39, 0.29) is 12.3 Å². The Morgan fingerprint density at radius 2 is 2.04 bits per heavy atom. The molecule has 136 valence electrons. The zero-order valence-corrected chi connectivity index (χ0v) is 16.1. The van der Waals surface area contributed by atoms with Crippen LogP contribution in [0.25, 0.3) is 0 Å². The van der Waals surface area contributed by atoms with Crippen molar-refractivity contribution in [3.8, 4) is 0 Å². The minimum absolute atomic E-state index is 0.0304. The van der Waals surface area contributed by atoms with Gasteiger partial charge in [0, 0.05) is 47.5 Å². The van der Waals surface area contributed by atoms with Crippen LogP contribution < -0.4 is 4.90 Å². The lowest BCUT2D eigenvalue weighted by Gasteiger charge is -2.30. The lowest BCUT2D eigenvalue weighted by Crippen LogP contribution is -2.38. The van der Waals surface area contributed by atoms with E-state index in [1.807, 2.05) is 23.1 Å². The highest BCUT2D eigenvalue weighted by Crippen LogP contribution is 2.34. The number of aryl methyl sites for hydroxylation is 1. The fourth-order valence-electron chi connectivity index (χ4n) is 4.14. The number of rotatable bonds is 4. The van der Waals surface area contributed by atoms with Crippen molar-refractivity contribution in [2.75, 3.05) is 11.4 Å². The lowest BCUT2D eigenvalue weighted by atomic mass is 10.0. The Kier molecular flexibility index (Phi) is 4.61. The maximum atomic E-state index is 13.2. The predicted octanol–water partition coefficient (Wildman–Crippen LogP) is 3.81. The predicted molar refractivity (Wildman–Crippen MR) is 103 cm³/mol. The maximum Gasteiger partial charge on any atom is 0.303 e. The molecule has 26 heavy (non-hydrogen) atoms. The summed E-state index contributed by atoms with van der Waals surface area (Å²) in [6.45, 7) is 1.64. The first-order valence-corrected chi connectivity index (χ1v) is 9.88. The molecule has 0 radical (unpaired) electrons. The number of carboxylic acids is 1. The fraction of sp³-hybridized carbons (Fsp3) is 0.400. The summed E-state index contributed by atoms with van der Waals surface area (Å²) in [7, 11) is 0. The molecular formula is C20H21BrN2O3. The molecule has 0 spiro atoms. The second kappa shape index (κ2) is 6.91. The van der Waals surface area contributed by atoms with Crippen LogP contribution in [0.1, 0.15) is 46.6 Å². The minimum atomic E-state index is -0.834. The topological polar surface area (TPSA) is 62.5 Å². The van der Waals surface area contributed by atoms with Crippen LogP contribution in [0.4, 0.5) is 5.69 Å². The number of fused-ring (bicyclic) bond motifs is 3. The summed E-state index contributed by atoms with van der Waals surface area (Å²) in [6.07, 6.45) is 4.69. The number of benzene rings is 1. The molecule has 1 aromatic carbocycles. The normalized spacial score (nSPS) is 16.3. The van der Waals surface area contributed by atoms with Crippen LogP contribution in [0, 0.1) is 0 Å². The Morgan fingerprint density at radius 1 is 1.19 bits per heavy atom. The van der Waals surface area contributed by atoms with Gasteiger partial charge in [-0.25, -0.2) is 0 Å². The number of halogens is 1. The molecule has 0 fully saturated rings. The summed E-state index contributed by atoms with van der Waals surface area (Å²) in [5.41, 5.74) is 4.97. The Labute approximate surface area is 160 Å². The molecule has 0 saturated carbocycles. The highest BCUT2D eigenvalue weighted by atomic mass is 79.9. The van der Waals surface area contributed by atoms with Gasteiger partial charge in [0.1, 0.15) is 0 Å². The van der Waals surface area contributed by atoms with Crippen molar-refractivity contribution in [3.05, 3.63) is 51.3 Å². The molecule has 0 saturated heterocycles. The molecule has 2 aromatic rings. The average Bonchev–Trinajstić information content (AvgIpc) is 3.01. The van der Waals surface area contributed by atoms with Crippen molar-refractivity contribution in [1.82, 2.24) is 4.57 Å². The molecule has 1 amide bonds. The van der Waals surface area contributed by atoms with E-state index in [4.69, 9.17) is 5.11 Å². The quantitative estimate of drug-likeness (QED) is 0.823. The van der Waals surface area contributed by atoms with Gasteiger partial charge in [0.05, 0.1) is 5.56 Å². The van der Waals surface area contributed by atoms with Gasteiger partial charge in [0.2, 0.25) is 0 Å². The largest absolute Gasteiger partial charge is 0.481 e. The molecule has 6 heteroatoms. The smallest absolute Gasteiger partial charge is 0.303 e. The molecule has 0 unspecified atom stereocenters. The highest BCUT2D eigenvalue weighted by molar-refractivity contribution is 9.10. The van der Waals surface area contributed by atoms with Crippen LogP contribution in [0.3, 0.4) is 0 Å². The van der Waals surface area contributed by atoms with Crippen LogP contribution in [0.15, 0.2) is 28.7 Å². The van der Waals surface area contributed by atoms with Crippen molar-refractivity contribution < 1.29 is 14.7 Å². The lowest BCUT2D eigenvalue weighted by molar-refractivity contribution is -0.136. The number of hydrogen-bond acceptors (Lipinski definition) is 2. The van der Waals surface area contributed by atoms with Gasteiger partial charge < -0.3 is 14.6 Å². The Hall–Kier alpha value is -2.08. The number of carbonyl (C=O) groups is 2. The standard InChI is InChI=1S/C20H21BrN2O3/c21-16-5-3-6-17(14(16)7-8-19(24)25)23-11-9-18-15(20(23)26)12-13-4-1-2-10-22(13)18/h3,5-6,12H,1-2,4,7-11H2,(H,24,25). The van der Waals surface area contributed by atoms with Crippen molar-refractivity contribution in [3.63, 3.8) is 0 Å². The van der Waals surface area contributed by atoms with Gasteiger partial charge in [-0.1, -0.05) is 22.0 Å². The fourth-order valence-corrected chi connectivity index (χ4v) is 4.69. The minimum Gasteiger partial charge on any atom is -0.481 e. The van der Waals surface area contributed by atoms with Crippen molar-refractivity contribution >= 4 is 33.5 Å². The first kappa shape index (κ1) is 17.3. The van der Waals surface area contributed by atoms with Crippen LogP contribution in [-0.2, 0) is 30.6 Å². The average molecular weight is 417 g/mol. The van der Waals surface area contributed by atoms with E-state index in [2.05, 4.69) is 26.6 Å². The summed E-state index contributed by atoms with van der Waals surface area (Å²) in [4.78, 5) is 26.0. The van der Waals surface area contributed by atoms with Gasteiger partial charge >= 0.3 is 5.97 Å². The SMILES string of the molecule is O=C(O)CCc1c(Br)cccc1N1CCc2c(cc3n2CCCC3)C1=O. The van der Waals surface area contributed by atoms with Crippen LogP contribution in [0.5, 0.6) is 0 Å². The van der Waals surface area contributed by atoms with Gasteiger partial charge in [-0.05, 0) is 49.4 Å². The van der Waals surface area contributed by atoms with Crippen LogP contribution in [-0.4, -0.2) is 28.1 Å². The number of hydrogen-bond donors (Lipinski definition) is 1. The third-order valence-electron chi connectivity index (χ3n) is 5.38. The van der Waals surface area contributed by atoms with Crippen LogP contribution >= 0.6 is 15.9 Å². The van der Waals surface area contributed by atoms with E-state index in [0.717, 1.165) is 40.7 Å². The van der Waals surface area contributed by atoms with Crippen molar-refractivity contribution in [1.29, 1.82) is 0 Å². The Bertz CT molecular complexity index is 887. The molecule has 0 aliphatic carbocycles. The van der Waals surface area contributed by atoms with Crippen molar-refractivity contribution in [2.24, 2.45) is 0 Å². The van der Waals surface area contributed by atoms with E-state index in [9.17, 15) is 9.59 Å². The Balaban J connectivity index is 1.70. The van der Waals surface area contributed by atoms with Gasteiger partial charge in [0.25, 0.3) is 5.91 Å². The zero-order valence-electron chi connectivity index (χ0n) is 14.5. The molecule has 3 heterocycles. The zero-order chi connectivity index (χ0) is 18.3. The third-order valence-corrected chi connectivity index (χ3v) is 6.12. The van der Waals surface area contributed by atoms with E-state index in [0.29, 0.717) is 13.0 Å². The first-order valence-electron chi connectivity index (χ1n) is 9.08. The highest BCUT2D eigenvalue weighted by Gasteiger charge is 2.31. The molecular weight excluding hydrogens is 396 g/mol. The first-order chi connectivity index (χ1) is 12.6. The molecule has 1 aromatic heterocycles. The number of aliphatic carboxylic acids is 1. The number of amides is 1. The van der Waals surface area contributed by atoms with E-state index in [1.54, 1.807) is 0 Å². The summed E-state index contributed by atoms with van der Waals surface area (Å²) in [5, 5.41) is 9.04. The van der Waals surface area contributed by atoms with Gasteiger partial charge in [-0.3, -0.25) is 9.59 Å². The summed E-state index contributed by atoms with van der Waals surface area (Å²) in [6, 6.07) is 7.79. The molecule has 0 atom stereocenters. The van der Waals surface area contributed by atoms with Gasteiger partial charge in [-0.2, -0.15) is 0 Å². The summed E-state index contributed by atoms with van der Waals surface area (Å²) in [5.74, 6) is -0.804. The third kappa shape index (κ3) is 2.96. The summed E-state index contributed by atoms with van der Waals surface area (Å²) >= 11 is 3.53. The van der Waals surface area contributed by atoms with E-state index in [1.165, 1.54) is 24.2 Å². The molecule has 1 N–H and O–H groups in total. The number of carbonyl (C=O) groups excluding carboxylic acids is 1. The van der Waals surface area contributed by atoms with E-state index < -0.39 is 5.97 Å². The monoisotopic (exact) mass is 416 g/mol. The van der Waals surface area contributed by atoms with E-state index >= 15 is 0 Å². The molecule has 2 aliphatic heterocycles. The van der Waals surface area contributed by atoms with Gasteiger partial charge in [0.15, 0.2) is 0 Å². The Morgan fingerprint density at radius 3 is 2.85 bits per heavy atom. The number of anilines is 1. The van der Waals surface area contributed by atoms with Gasteiger partial charge in [-0.15, -0.1) is 0 Å². The number of aromatic nitrogens is 1. The second-order valence-corrected chi connectivity index (χ2v) is 7.80. The summed E-state index contributed by atoms with van der Waals surface area (Å²) < 4.78 is 3.19. The molecule has 0 bridgehead atoms. The van der Waals surface area contributed by atoms with Crippen molar-refractivity contribution in [2.45, 2.75) is 45.1 Å².